The van der Waals surface area contributed by atoms with E-state index in [1.165, 1.54) is 12.7 Å². The molecule has 0 radical (unpaired) electrons. The van der Waals surface area contributed by atoms with Gasteiger partial charge in [-0.1, -0.05) is 0 Å². The number of carboxylic acids is 1. The minimum Gasteiger partial charge on any atom is -0.476 e. The standard InChI is InChI=1S/C9H6N4O3/c14-9(15)7-6-2-16-8-5(1-10-3-11-8)13(6)4-12-7/h1,3-4H,2H2,(H,14,15). The molecule has 0 aromatic carbocycles. The van der Waals surface area contributed by atoms with E-state index in [-0.39, 0.29) is 12.3 Å². The quantitative estimate of drug-likeness (QED) is 0.737. The van der Waals surface area contributed by atoms with Crippen LogP contribution in [0.1, 0.15) is 16.2 Å². The maximum Gasteiger partial charge on any atom is 0.356 e. The molecular formula is C9H6N4O3. The van der Waals surface area contributed by atoms with Gasteiger partial charge in [0.1, 0.15) is 24.9 Å². The molecular weight excluding hydrogens is 212 g/mol. The number of fused-ring (bicyclic) bond motifs is 3. The molecule has 0 saturated carbocycles. The minimum atomic E-state index is -1.07. The summed E-state index contributed by atoms with van der Waals surface area (Å²) in [4.78, 5) is 22.5. The van der Waals surface area contributed by atoms with Gasteiger partial charge in [-0.15, -0.1) is 0 Å². The van der Waals surface area contributed by atoms with Gasteiger partial charge >= 0.3 is 5.97 Å². The Bertz CT molecular complexity index is 578. The van der Waals surface area contributed by atoms with Crippen LogP contribution in [0.5, 0.6) is 5.88 Å². The molecule has 2 aromatic heterocycles. The SMILES string of the molecule is O=C(O)c1ncn2c1COc1ncncc1-2. The number of ether oxygens (including phenoxy) is 1. The fraction of sp³-hybridized carbons (Fsp3) is 0.111. The minimum absolute atomic E-state index is 0.00509. The molecule has 0 amide bonds. The van der Waals surface area contributed by atoms with Crippen LogP contribution in [0.25, 0.3) is 5.69 Å². The van der Waals surface area contributed by atoms with Gasteiger partial charge in [-0.05, 0) is 0 Å². The second-order valence-electron chi connectivity index (χ2n) is 3.22. The van der Waals surface area contributed by atoms with Crippen molar-refractivity contribution in [1.29, 1.82) is 0 Å². The molecule has 2 aromatic rings. The second kappa shape index (κ2) is 3.02. The molecule has 0 atom stereocenters. The number of rotatable bonds is 1. The summed E-state index contributed by atoms with van der Waals surface area (Å²) in [6.45, 7) is 0.144. The first-order chi connectivity index (χ1) is 7.77. The summed E-state index contributed by atoms with van der Waals surface area (Å²) in [6.07, 6.45) is 4.36. The second-order valence-corrected chi connectivity index (χ2v) is 3.22. The maximum absolute atomic E-state index is 10.9. The maximum atomic E-state index is 10.9. The fourth-order valence-corrected chi connectivity index (χ4v) is 1.62. The summed E-state index contributed by atoms with van der Waals surface area (Å²) in [5.41, 5.74) is 1.09. The van der Waals surface area contributed by atoms with E-state index in [4.69, 9.17) is 9.84 Å². The molecule has 0 saturated heterocycles. The van der Waals surface area contributed by atoms with Crippen molar-refractivity contribution in [3.05, 3.63) is 30.2 Å². The first kappa shape index (κ1) is 8.84. The van der Waals surface area contributed by atoms with Crippen molar-refractivity contribution in [1.82, 2.24) is 19.5 Å². The van der Waals surface area contributed by atoms with Gasteiger partial charge in [0.2, 0.25) is 5.88 Å². The average molecular weight is 218 g/mol. The number of nitrogens with zero attached hydrogens (tertiary/aromatic N) is 4. The number of carbonyl (C=O) groups is 1. The Balaban J connectivity index is 2.23. The molecule has 7 heteroatoms. The van der Waals surface area contributed by atoms with E-state index < -0.39 is 5.97 Å². The third-order valence-corrected chi connectivity index (χ3v) is 2.33. The van der Waals surface area contributed by atoms with Crippen molar-refractivity contribution >= 4 is 5.97 Å². The highest BCUT2D eigenvalue weighted by Crippen LogP contribution is 2.27. The van der Waals surface area contributed by atoms with Crippen LogP contribution in [-0.4, -0.2) is 30.6 Å². The predicted octanol–water partition coefficient (Wildman–Crippen LogP) is 0.253. The lowest BCUT2D eigenvalue weighted by atomic mass is 10.3. The topological polar surface area (TPSA) is 90.1 Å². The van der Waals surface area contributed by atoms with Crippen LogP contribution in [0.4, 0.5) is 0 Å². The lowest BCUT2D eigenvalue weighted by Crippen LogP contribution is -2.16. The third kappa shape index (κ3) is 1.08. The van der Waals surface area contributed by atoms with Crippen LogP contribution in [0, 0.1) is 0 Å². The molecule has 0 aliphatic carbocycles. The Kier molecular flexibility index (Phi) is 1.67. The zero-order chi connectivity index (χ0) is 11.1. The smallest absolute Gasteiger partial charge is 0.356 e. The van der Waals surface area contributed by atoms with E-state index in [0.29, 0.717) is 17.3 Å². The molecule has 7 nitrogen and oxygen atoms in total. The molecule has 1 aliphatic rings. The summed E-state index contributed by atoms with van der Waals surface area (Å²) in [5.74, 6) is -0.644. The van der Waals surface area contributed by atoms with Gasteiger partial charge in [0.15, 0.2) is 5.69 Å². The zero-order valence-corrected chi connectivity index (χ0v) is 7.99. The van der Waals surface area contributed by atoms with Crippen LogP contribution in [0.2, 0.25) is 0 Å². The largest absolute Gasteiger partial charge is 0.476 e. The van der Waals surface area contributed by atoms with Gasteiger partial charge in [0.25, 0.3) is 0 Å². The highest BCUT2D eigenvalue weighted by atomic mass is 16.5. The van der Waals surface area contributed by atoms with Gasteiger partial charge in [0, 0.05) is 0 Å². The number of hydrogen-bond acceptors (Lipinski definition) is 5. The van der Waals surface area contributed by atoms with Crippen LogP contribution in [0.3, 0.4) is 0 Å². The molecule has 16 heavy (non-hydrogen) atoms. The monoisotopic (exact) mass is 218 g/mol. The molecule has 0 unspecified atom stereocenters. The van der Waals surface area contributed by atoms with Crippen molar-refractivity contribution in [3.8, 4) is 11.6 Å². The summed E-state index contributed by atoms with van der Waals surface area (Å²) in [7, 11) is 0. The van der Waals surface area contributed by atoms with Crippen LogP contribution < -0.4 is 4.74 Å². The van der Waals surface area contributed by atoms with Gasteiger partial charge < -0.3 is 9.84 Å². The van der Waals surface area contributed by atoms with E-state index in [9.17, 15) is 4.79 Å². The fourth-order valence-electron chi connectivity index (χ4n) is 1.62. The number of aromatic nitrogens is 4. The molecule has 1 N–H and O–H groups in total. The average Bonchev–Trinajstić information content (AvgIpc) is 2.73. The molecule has 3 heterocycles. The van der Waals surface area contributed by atoms with Gasteiger partial charge in [0.05, 0.1) is 11.9 Å². The van der Waals surface area contributed by atoms with E-state index in [0.717, 1.165) is 0 Å². The number of imidazole rings is 1. The molecule has 0 fully saturated rings. The zero-order valence-electron chi connectivity index (χ0n) is 7.99. The van der Waals surface area contributed by atoms with E-state index in [1.54, 1.807) is 10.8 Å². The normalized spacial score (nSPS) is 12.5. The van der Waals surface area contributed by atoms with Crippen molar-refractivity contribution in [3.63, 3.8) is 0 Å². The lowest BCUT2D eigenvalue weighted by molar-refractivity contribution is 0.0687. The van der Waals surface area contributed by atoms with Crippen molar-refractivity contribution in [2.24, 2.45) is 0 Å². The van der Waals surface area contributed by atoms with Gasteiger partial charge in [-0.3, -0.25) is 4.57 Å². The van der Waals surface area contributed by atoms with E-state index in [1.807, 2.05) is 0 Å². The highest BCUT2D eigenvalue weighted by molar-refractivity contribution is 5.87. The first-order valence-corrected chi connectivity index (χ1v) is 4.50. The Hall–Kier alpha value is -2.44. The van der Waals surface area contributed by atoms with Gasteiger partial charge in [-0.25, -0.2) is 14.8 Å². The molecule has 0 bridgehead atoms. The van der Waals surface area contributed by atoms with Crippen molar-refractivity contribution in [2.75, 3.05) is 0 Å². The number of hydrogen-bond donors (Lipinski definition) is 1. The Labute approximate surface area is 89.4 Å². The number of carboxylic acid groups (broad SMARTS) is 1. The lowest BCUT2D eigenvalue weighted by Gasteiger charge is -2.17. The van der Waals surface area contributed by atoms with Crippen LogP contribution >= 0.6 is 0 Å². The van der Waals surface area contributed by atoms with Crippen LogP contribution in [0.15, 0.2) is 18.9 Å². The Morgan fingerprint density at radius 3 is 3.19 bits per heavy atom. The van der Waals surface area contributed by atoms with E-state index in [2.05, 4.69) is 15.0 Å². The highest BCUT2D eigenvalue weighted by Gasteiger charge is 2.24. The number of aromatic carboxylic acids is 1. The van der Waals surface area contributed by atoms with Crippen LogP contribution in [-0.2, 0) is 6.61 Å². The summed E-state index contributed by atoms with van der Waals surface area (Å²) in [6, 6.07) is 0. The molecule has 80 valence electrons. The molecule has 0 spiro atoms. The summed E-state index contributed by atoms with van der Waals surface area (Å²) >= 11 is 0. The summed E-state index contributed by atoms with van der Waals surface area (Å²) < 4.78 is 6.95. The molecule has 3 rings (SSSR count). The Morgan fingerprint density at radius 1 is 1.50 bits per heavy atom. The molecule has 1 aliphatic heterocycles. The first-order valence-electron chi connectivity index (χ1n) is 4.50. The van der Waals surface area contributed by atoms with Crippen molar-refractivity contribution < 1.29 is 14.6 Å². The predicted molar refractivity (Wildman–Crippen MR) is 50.4 cm³/mol. The Morgan fingerprint density at radius 2 is 2.38 bits per heavy atom. The van der Waals surface area contributed by atoms with E-state index >= 15 is 0 Å². The third-order valence-electron chi connectivity index (χ3n) is 2.33. The summed E-state index contributed by atoms with van der Waals surface area (Å²) in [5, 5.41) is 8.92. The van der Waals surface area contributed by atoms with Gasteiger partial charge in [-0.2, -0.15) is 4.98 Å². The van der Waals surface area contributed by atoms with Crippen molar-refractivity contribution in [2.45, 2.75) is 6.61 Å².